The number of aliphatic carboxylic acids is 1. The summed E-state index contributed by atoms with van der Waals surface area (Å²) in [6, 6.07) is 7.05. The highest BCUT2D eigenvalue weighted by molar-refractivity contribution is 5.76. The summed E-state index contributed by atoms with van der Waals surface area (Å²) in [6.45, 7) is 2.92. The summed E-state index contributed by atoms with van der Waals surface area (Å²) in [5.41, 5.74) is 3.36. The van der Waals surface area contributed by atoms with Gasteiger partial charge in [0.25, 0.3) is 0 Å². The molecule has 104 valence electrons. The van der Waals surface area contributed by atoms with Gasteiger partial charge in [0.15, 0.2) is 0 Å². The van der Waals surface area contributed by atoms with Crippen molar-refractivity contribution in [1.82, 2.24) is 15.2 Å². The van der Waals surface area contributed by atoms with Gasteiger partial charge in [-0.1, -0.05) is 34.6 Å². The number of fused-ring (bicyclic) bond motifs is 1. The van der Waals surface area contributed by atoms with Crippen molar-refractivity contribution in [3.63, 3.8) is 0 Å². The van der Waals surface area contributed by atoms with Crippen LogP contribution in [0.1, 0.15) is 28.6 Å². The van der Waals surface area contributed by atoms with Gasteiger partial charge in [-0.05, 0) is 24.5 Å². The van der Waals surface area contributed by atoms with Crippen LogP contribution in [0.15, 0.2) is 28.9 Å². The van der Waals surface area contributed by atoms with Crippen molar-refractivity contribution in [1.29, 1.82) is 0 Å². The third-order valence-electron chi connectivity index (χ3n) is 3.72. The van der Waals surface area contributed by atoms with E-state index in [1.165, 1.54) is 0 Å². The second kappa shape index (κ2) is 5.05. The molecule has 20 heavy (non-hydrogen) atoms. The molecule has 0 aliphatic carbocycles. The number of rotatable bonds is 3. The fraction of sp³-hybridized carbons (Fsp3) is 0.357. The Bertz CT molecular complexity index is 638. The average molecular weight is 273 g/mol. The predicted octanol–water partition coefficient (Wildman–Crippen LogP) is 1.56. The Labute approximate surface area is 116 Å². The van der Waals surface area contributed by atoms with Gasteiger partial charge in [0.05, 0.1) is 0 Å². The molecule has 3 rings (SSSR count). The molecule has 0 fully saturated rings. The third-order valence-corrected chi connectivity index (χ3v) is 3.72. The van der Waals surface area contributed by atoms with Crippen LogP contribution >= 0.6 is 0 Å². The largest absolute Gasteiger partial charge is 0.480 e. The lowest BCUT2D eigenvalue weighted by Gasteiger charge is -2.34. The summed E-state index contributed by atoms with van der Waals surface area (Å²) in [5.74, 6) is -0.841. The highest BCUT2D eigenvalue weighted by atomic mass is 16.6. The highest BCUT2D eigenvalue weighted by Crippen LogP contribution is 2.31. The fourth-order valence-electron chi connectivity index (χ4n) is 2.66. The van der Waals surface area contributed by atoms with Crippen molar-refractivity contribution in [2.24, 2.45) is 0 Å². The molecule has 0 bridgehead atoms. The Morgan fingerprint density at radius 2 is 2.25 bits per heavy atom. The quantitative estimate of drug-likeness (QED) is 0.914. The van der Waals surface area contributed by atoms with E-state index >= 15 is 0 Å². The number of aryl methyl sites for hydroxylation is 1. The van der Waals surface area contributed by atoms with Crippen molar-refractivity contribution < 1.29 is 14.5 Å². The molecular weight excluding hydrogens is 258 g/mol. The van der Waals surface area contributed by atoms with E-state index in [9.17, 15) is 9.90 Å². The number of benzene rings is 1. The number of carboxylic acid groups (broad SMARTS) is 1. The van der Waals surface area contributed by atoms with E-state index in [1.54, 1.807) is 6.92 Å². The number of carbonyl (C=O) groups is 1. The average Bonchev–Trinajstić information content (AvgIpc) is 2.83. The highest BCUT2D eigenvalue weighted by Gasteiger charge is 2.33. The predicted molar refractivity (Wildman–Crippen MR) is 70.0 cm³/mol. The molecule has 0 spiro atoms. The van der Waals surface area contributed by atoms with Crippen molar-refractivity contribution in [2.45, 2.75) is 25.9 Å². The Kier molecular flexibility index (Phi) is 3.23. The van der Waals surface area contributed by atoms with E-state index in [4.69, 9.17) is 0 Å². The van der Waals surface area contributed by atoms with Gasteiger partial charge in [0.1, 0.15) is 17.4 Å². The van der Waals surface area contributed by atoms with Crippen LogP contribution in [-0.4, -0.2) is 32.8 Å². The third kappa shape index (κ3) is 2.18. The molecule has 0 saturated heterocycles. The Hall–Kier alpha value is -2.21. The second-order valence-electron chi connectivity index (χ2n) is 4.96. The zero-order valence-electron chi connectivity index (χ0n) is 11.1. The number of nitrogens with zero attached hydrogens (tertiary/aromatic N) is 3. The summed E-state index contributed by atoms with van der Waals surface area (Å²) in [5, 5.41) is 17.1. The standard InChI is InChI=1S/C14H15N3O3/c1-9-12(16-20-15-9)8-17-7-6-10-4-2-3-5-11(10)13(17)14(18)19/h2-5,13H,6-8H2,1H3,(H,18,19). The minimum atomic E-state index is -0.841. The molecule has 1 unspecified atom stereocenters. The van der Waals surface area contributed by atoms with E-state index in [-0.39, 0.29) is 0 Å². The lowest BCUT2D eigenvalue weighted by Crippen LogP contribution is -2.39. The summed E-state index contributed by atoms with van der Waals surface area (Å²) in [7, 11) is 0. The Morgan fingerprint density at radius 3 is 2.95 bits per heavy atom. The summed E-state index contributed by atoms with van der Waals surface area (Å²) >= 11 is 0. The zero-order valence-corrected chi connectivity index (χ0v) is 11.1. The first-order valence-corrected chi connectivity index (χ1v) is 6.49. The van der Waals surface area contributed by atoms with Gasteiger partial charge in [0.2, 0.25) is 0 Å². The van der Waals surface area contributed by atoms with Gasteiger partial charge in [0, 0.05) is 13.1 Å². The maximum absolute atomic E-state index is 11.6. The maximum atomic E-state index is 11.6. The van der Waals surface area contributed by atoms with Crippen LogP contribution in [0.25, 0.3) is 0 Å². The molecule has 2 heterocycles. The second-order valence-corrected chi connectivity index (χ2v) is 4.96. The van der Waals surface area contributed by atoms with Crippen molar-refractivity contribution in [3.05, 3.63) is 46.8 Å². The van der Waals surface area contributed by atoms with Crippen molar-refractivity contribution in [2.75, 3.05) is 6.54 Å². The molecule has 1 aromatic heterocycles. The smallest absolute Gasteiger partial charge is 0.325 e. The van der Waals surface area contributed by atoms with Crippen LogP contribution in [-0.2, 0) is 17.8 Å². The zero-order chi connectivity index (χ0) is 14.1. The van der Waals surface area contributed by atoms with Crippen LogP contribution in [0.4, 0.5) is 0 Å². The monoisotopic (exact) mass is 273 g/mol. The van der Waals surface area contributed by atoms with Crippen LogP contribution in [0.2, 0.25) is 0 Å². The van der Waals surface area contributed by atoms with Crippen LogP contribution in [0, 0.1) is 6.92 Å². The molecule has 6 nitrogen and oxygen atoms in total. The van der Waals surface area contributed by atoms with Crippen LogP contribution < -0.4 is 0 Å². The van der Waals surface area contributed by atoms with Gasteiger partial charge in [-0.3, -0.25) is 9.69 Å². The SMILES string of the molecule is Cc1nonc1CN1CCc2ccccc2C1C(=O)O. The molecule has 1 aliphatic heterocycles. The molecule has 0 amide bonds. The Balaban J connectivity index is 1.92. The van der Waals surface area contributed by atoms with Crippen molar-refractivity contribution >= 4 is 5.97 Å². The maximum Gasteiger partial charge on any atom is 0.325 e. The van der Waals surface area contributed by atoms with Gasteiger partial charge in [-0.15, -0.1) is 0 Å². The lowest BCUT2D eigenvalue weighted by molar-refractivity contribution is -0.144. The molecule has 1 N–H and O–H groups in total. The number of hydrogen-bond acceptors (Lipinski definition) is 5. The lowest BCUT2D eigenvalue weighted by atomic mass is 9.92. The molecular formula is C14H15N3O3. The number of carboxylic acids is 1. The summed E-state index contributed by atoms with van der Waals surface area (Å²) < 4.78 is 4.68. The van der Waals surface area contributed by atoms with Gasteiger partial charge < -0.3 is 5.11 Å². The van der Waals surface area contributed by atoms with E-state index in [0.29, 0.717) is 24.5 Å². The fourth-order valence-corrected chi connectivity index (χ4v) is 2.66. The molecule has 1 aromatic carbocycles. The Morgan fingerprint density at radius 1 is 1.45 bits per heavy atom. The molecule has 6 heteroatoms. The first-order valence-electron chi connectivity index (χ1n) is 6.49. The molecule has 2 aromatic rings. The van der Waals surface area contributed by atoms with Gasteiger partial charge in [-0.25, -0.2) is 4.63 Å². The first-order chi connectivity index (χ1) is 9.66. The minimum absolute atomic E-state index is 0.431. The molecule has 0 saturated carbocycles. The summed E-state index contributed by atoms with van der Waals surface area (Å²) in [6.07, 6.45) is 0.838. The molecule has 0 radical (unpaired) electrons. The normalized spacial score (nSPS) is 18.8. The van der Waals surface area contributed by atoms with Crippen molar-refractivity contribution in [3.8, 4) is 0 Å². The topological polar surface area (TPSA) is 79.5 Å². The van der Waals surface area contributed by atoms with E-state index in [2.05, 4.69) is 14.9 Å². The van der Waals surface area contributed by atoms with E-state index in [0.717, 1.165) is 17.5 Å². The molecule has 1 atom stereocenters. The molecule has 1 aliphatic rings. The summed E-state index contributed by atoms with van der Waals surface area (Å²) in [4.78, 5) is 13.5. The minimum Gasteiger partial charge on any atom is -0.480 e. The van der Waals surface area contributed by atoms with Gasteiger partial charge >= 0.3 is 5.97 Å². The van der Waals surface area contributed by atoms with Crippen LogP contribution in [0.3, 0.4) is 0 Å². The number of hydrogen-bond donors (Lipinski definition) is 1. The first kappa shape index (κ1) is 12.8. The van der Waals surface area contributed by atoms with Gasteiger partial charge in [-0.2, -0.15) is 0 Å². The van der Waals surface area contributed by atoms with Crippen LogP contribution in [0.5, 0.6) is 0 Å². The number of aromatic nitrogens is 2. The van der Waals surface area contributed by atoms with E-state index < -0.39 is 12.0 Å². The van der Waals surface area contributed by atoms with E-state index in [1.807, 2.05) is 29.2 Å².